The molecule has 0 aliphatic heterocycles. The van der Waals surface area contributed by atoms with Crippen molar-refractivity contribution < 1.29 is 4.79 Å². The van der Waals surface area contributed by atoms with Crippen molar-refractivity contribution in [1.82, 2.24) is 0 Å². The molecular formula is C9H9BO. The van der Waals surface area contributed by atoms with Crippen LogP contribution in [0.15, 0.2) is 18.2 Å². The Balaban J connectivity index is 3.15. The molecule has 0 N–H and O–H groups in total. The minimum atomic E-state index is 0.0525. The third kappa shape index (κ3) is 1.70. The lowest BCUT2D eigenvalue weighted by molar-refractivity contribution is 0.101. The number of benzene rings is 1. The van der Waals surface area contributed by atoms with Gasteiger partial charge in [0.15, 0.2) is 5.78 Å². The van der Waals surface area contributed by atoms with Crippen LogP contribution in [0.3, 0.4) is 0 Å². The topological polar surface area (TPSA) is 17.1 Å². The summed E-state index contributed by atoms with van der Waals surface area (Å²) in [5.74, 6) is 0.0525. The predicted molar refractivity (Wildman–Crippen MR) is 46.6 cm³/mol. The highest BCUT2D eigenvalue weighted by Gasteiger charge is 1.98. The van der Waals surface area contributed by atoms with E-state index < -0.39 is 0 Å². The minimum absolute atomic E-state index is 0.0525. The van der Waals surface area contributed by atoms with Crippen LogP contribution in [0.5, 0.6) is 0 Å². The number of rotatable bonds is 1. The number of carbonyl (C=O) groups excluding carboxylic acids is 1. The van der Waals surface area contributed by atoms with Gasteiger partial charge in [-0.25, -0.2) is 0 Å². The van der Waals surface area contributed by atoms with E-state index in [1.54, 1.807) is 12.1 Å². The summed E-state index contributed by atoms with van der Waals surface area (Å²) in [5, 5.41) is 0. The van der Waals surface area contributed by atoms with Gasteiger partial charge in [-0.2, -0.15) is 0 Å². The van der Waals surface area contributed by atoms with Crippen LogP contribution in [-0.4, -0.2) is 13.6 Å². The molecule has 0 aromatic heterocycles. The molecular weight excluding hydrogens is 135 g/mol. The standard InChI is InChI=1S/C9H9BO/c1-6-3-4-8(7(2)11)5-9(6)10/h3-5H,1-2H3. The minimum Gasteiger partial charge on any atom is -0.295 e. The molecule has 1 aromatic rings. The van der Waals surface area contributed by atoms with Crippen molar-refractivity contribution in [3.63, 3.8) is 0 Å². The van der Waals surface area contributed by atoms with Gasteiger partial charge in [-0.3, -0.25) is 4.79 Å². The molecule has 0 fully saturated rings. The van der Waals surface area contributed by atoms with Crippen LogP contribution in [0.4, 0.5) is 0 Å². The quantitative estimate of drug-likeness (QED) is 0.424. The molecule has 1 rings (SSSR count). The van der Waals surface area contributed by atoms with Crippen LogP contribution < -0.4 is 5.46 Å². The molecule has 0 amide bonds. The molecule has 1 nitrogen and oxygen atoms in total. The van der Waals surface area contributed by atoms with E-state index in [9.17, 15) is 4.79 Å². The fourth-order valence-electron chi connectivity index (χ4n) is 0.859. The van der Waals surface area contributed by atoms with Crippen molar-refractivity contribution in [2.24, 2.45) is 0 Å². The molecule has 0 heterocycles. The normalized spacial score (nSPS) is 9.64. The number of aryl methyl sites for hydroxylation is 1. The van der Waals surface area contributed by atoms with Crippen molar-refractivity contribution in [2.75, 3.05) is 0 Å². The zero-order valence-electron chi connectivity index (χ0n) is 6.72. The van der Waals surface area contributed by atoms with Crippen molar-refractivity contribution >= 4 is 19.1 Å². The van der Waals surface area contributed by atoms with Crippen LogP contribution in [-0.2, 0) is 0 Å². The molecule has 11 heavy (non-hydrogen) atoms. The summed E-state index contributed by atoms with van der Waals surface area (Å²) in [5.41, 5.74) is 2.36. The second-order valence-electron chi connectivity index (χ2n) is 2.63. The van der Waals surface area contributed by atoms with Crippen LogP contribution in [0.25, 0.3) is 0 Å². The zero-order valence-corrected chi connectivity index (χ0v) is 6.72. The van der Waals surface area contributed by atoms with Crippen molar-refractivity contribution in [3.05, 3.63) is 29.3 Å². The average molecular weight is 144 g/mol. The van der Waals surface area contributed by atoms with E-state index in [0.29, 0.717) is 11.0 Å². The maximum atomic E-state index is 10.9. The molecule has 0 bridgehead atoms. The van der Waals surface area contributed by atoms with Gasteiger partial charge in [-0.15, -0.1) is 0 Å². The van der Waals surface area contributed by atoms with Gasteiger partial charge in [0, 0.05) is 5.56 Å². The number of hydrogen-bond donors (Lipinski definition) is 0. The van der Waals surface area contributed by atoms with E-state index in [-0.39, 0.29) is 5.78 Å². The fourth-order valence-corrected chi connectivity index (χ4v) is 0.859. The lowest BCUT2D eigenvalue weighted by atomic mass is 9.89. The molecule has 2 heteroatoms. The second kappa shape index (κ2) is 2.91. The van der Waals surface area contributed by atoms with Crippen LogP contribution in [0, 0.1) is 6.92 Å². The Kier molecular flexibility index (Phi) is 2.13. The molecule has 0 atom stereocenters. The van der Waals surface area contributed by atoms with Crippen LogP contribution in [0.1, 0.15) is 22.8 Å². The van der Waals surface area contributed by atoms with Crippen LogP contribution in [0.2, 0.25) is 0 Å². The molecule has 0 aliphatic rings. The number of Topliss-reactive ketones (excluding diaryl/α,β-unsaturated/α-hetero) is 1. The Bertz CT molecular complexity index is 292. The summed E-state index contributed by atoms with van der Waals surface area (Å²) < 4.78 is 0. The highest BCUT2D eigenvalue weighted by atomic mass is 16.1. The average Bonchev–Trinajstić information content (AvgIpc) is 1.94. The molecule has 0 saturated heterocycles. The SMILES string of the molecule is [B]c1cc(C(C)=O)ccc1C. The van der Waals surface area contributed by atoms with Gasteiger partial charge in [-0.05, 0) is 13.8 Å². The lowest BCUT2D eigenvalue weighted by Gasteiger charge is -2.01. The first-order valence-corrected chi connectivity index (χ1v) is 3.48. The van der Waals surface area contributed by atoms with E-state index in [1.807, 2.05) is 13.0 Å². The number of carbonyl (C=O) groups is 1. The van der Waals surface area contributed by atoms with E-state index in [0.717, 1.165) is 5.56 Å². The highest BCUT2D eigenvalue weighted by molar-refractivity contribution is 6.33. The summed E-state index contributed by atoms with van der Waals surface area (Å²) >= 11 is 0. The van der Waals surface area contributed by atoms with E-state index >= 15 is 0 Å². The summed E-state index contributed by atoms with van der Waals surface area (Å²) in [6.07, 6.45) is 0. The third-order valence-corrected chi connectivity index (χ3v) is 1.69. The largest absolute Gasteiger partial charge is 0.295 e. The summed E-state index contributed by atoms with van der Waals surface area (Å²) in [6.45, 7) is 3.45. The van der Waals surface area contributed by atoms with E-state index in [4.69, 9.17) is 7.85 Å². The summed E-state index contributed by atoms with van der Waals surface area (Å²) in [4.78, 5) is 10.9. The van der Waals surface area contributed by atoms with E-state index in [1.165, 1.54) is 6.92 Å². The monoisotopic (exact) mass is 144 g/mol. The smallest absolute Gasteiger partial charge is 0.159 e. The van der Waals surface area contributed by atoms with Gasteiger partial charge in [-0.1, -0.05) is 29.2 Å². The molecule has 0 aliphatic carbocycles. The first-order valence-electron chi connectivity index (χ1n) is 3.48. The Morgan fingerprint density at radius 3 is 2.55 bits per heavy atom. The van der Waals surface area contributed by atoms with Gasteiger partial charge in [0.05, 0.1) is 0 Å². The lowest BCUT2D eigenvalue weighted by Crippen LogP contribution is -2.09. The maximum Gasteiger partial charge on any atom is 0.159 e. The molecule has 2 radical (unpaired) electrons. The van der Waals surface area contributed by atoms with Crippen molar-refractivity contribution in [2.45, 2.75) is 13.8 Å². The van der Waals surface area contributed by atoms with Gasteiger partial charge in [0.25, 0.3) is 0 Å². The van der Waals surface area contributed by atoms with Gasteiger partial charge < -0.3 is 0 Å². The van der Waals surface area contributed by atoms with Crippen molar-refractivity contribution in [3.8, 4) is 0 Å². The Labute approximate surface area is 67.8 Å². The third-order valence-electron chi connectivity index (χ3n) is 1.69. The maximum absolute atomic E-state index is 10.9. The number of hydrogen-bond acceptors (Lipinski definition) is 1. The highest BCUT2D eigenvalue weighted by Crippen LogP contribution is 2.00. The molecule has 1 aromatic carbocycles. The second-order valence-corrected chi connectivity index (χ2v) is 2.63. The fraction of sp³-hybridized carbons (Fsp3) is 0.222. The zero-order chi connectivity index (χ0) is 8.43. The summed E-state index contributed by atoms with van der Waals surface area (Å²) in [7, 11) is 5.61. The predicted octanol–water partition coefficient (Wildman–Crippen LogP) is 0.991. The first kappa shape index (κ1) is 8.06. The Morgan fingerprint density at radius 1 is 1.45 bits per heavy atom. The van der Waals surface area contributed by atoms with Gasteiger partial charge in [0.1, 0.15) is 7.85 Å². The molecule has 0 spiro atoms. The molecule has 54 valence electrons. The van der Waals surface area contributed by atoms with Gasteiger partial charge >= 0.3 is 0 Å². The first-order chi connectivity index (χ1) is 5.11. The van der Waals surface area contributed by atoms with E-state index in [2.05, 4.69) is 0 Å². The molecule has 0 unspecified atom stereocenters. The number of ketones is 1. The molecule has 0 saturated carbocycles. The Morgan fingerprint density at radius 2 is 2.09 bits per heavy atom. The summed E-state index contributed by atoms with van der Waals surface area (Å²) in [6, 6.07) is 5.35. The van der Waals surface area contributed by atoms with Gasteiger partial charge in [0.2, 0.25) is 0 Å². The van der Waals surface area contributed by atoms with Crippen molar-refractivity contribution in [1.29, 1.82) is 0 Å². The van der Waals surface area contributed by atoms with Crippen LogP contribution >= 0.6 is 0 Å². The Hall–Kier alpha value is -1.05.